The summed E-state index contributed by atoms with van der Waals surface area (Å²) in [5.74, 6) is 1.03. The lowest BCUT2D eigenvalue weighted by molar-refractivity contribution is 0.477. The predicted octanol–water partition coefficient (Wildman–Crippen LogP) is 3.09. The van der Waals surface area contributed by atoms with Gasteiger partial charge in [-0.2, -0.15) is 0 Å². The summed E-state index contributed by atoms with van der Waals surface area (Å²) in [6.45, 7) is 4.02. The number of rotatable bonds is 9. The zero-order valence-electron chi connectivity index (χ0n) is 16.1. The van der Waals surface area contributed by atoms with Gasteiger partial charge in [-0.05, 0) is 24.5 Å². The average Bonchev–Trinajstić information content (AvgIpc) is 2.65. The van der Waals surface area contributed by atoms with Gasteiger partial charge in [-0.15, -0.1) is 0 Å². The topological polar surface area (TPSA) is 61.8 Å². The summed E-state index contributed by atoms with van der Waals surface area (Å²) in [6.07, 6.45) is 0.517. The summed E-state index contributed by atoms with van der Waals surface area (Å²) in [5.41, 5.74) is 2.04. The van der Waals surface area contributed by atoms with Crippen LogP contribution in [0.15, 0.2) is 65.7 Å². The maximum absolute atomic E-state index is 12.3. The van der Waals surface area contributed by atoms with Crippen LogP contribution in [-0.4, -0.2) is 45.2 Å². The first kappa shape index (κ1) is 21.0. The Kier molecular flexibility index (Phi) is 8.33. The van der Waals surface area contributed by atoms with E-state index in [0.29, 0.717) is 13.0 Å². The minimum absolute atomic E-state index is 0.0888. The lowest BCUT2D eigenvalue weighted by atomic mass is 10.2. The molecule has 0 saturated heterocycles. The molecule has 0 aliphatic carbocycles. The zero-order chi connectivity index (χ0) is 19.5. The van der Waals surface area contributed by atoms with Crippen molar-refractivity contribution >= 4 is 15.8 Å². The smallest absolute Gasteiger partial charge is 0.193 e. The van der Waals surface area contributed by atoms with Crippen molar-refractivity contribution in [1.29, 1.82) is 0 Å². The summed E-state index contributed by atoms with van der Waals surface area (Å²) in [7, 11) is -1.13. The molecule has 2 aromatic carbocycles. The fraction of sp³-hybridized carbons (Fsp3) is 0.381. The molecule has 0 fully saturated rings. The van der Waals surface area contributed by atoms with Gasteiger partial charge in [0.1, 0.15) is 0 Å². The van der Waals surface area contributed by atoms with Crippen LogP contribution < -0.4 is 5.32 Å². The Hall–Kier alpha value is -2.34. The third-order valence-corrected chi connectivity index (χ3v) is 5.75. The van der Waals surface area contributed by atoms with Gasteiger partial charge in [-0.3, -0.25) is 4.99 Å². The van der Waals surface area contributed by atoms with Gasteiger partial charge in [-0.25, -0.2) is 8.42 Å². The minimum Gasteiger partial charge on any atom is -0.357 e. The molecule has 6 heteroatoms. The molecule has 27 heavy (non-hydrogen) atoms. The van der Waals surface area contributed by atoms with Gasteiger partial charge in [0.25, 0.3) is 0 Å². The highest BCUT2D eigenvalue weighted by atomic mass is 32.2. The van der Waals surface area contributed by atoms with Crippen molar-refractivity contribution in [3.8, 4) is 0 Å². The van der Waals surface area contributed by atoms with E-state index in [2.05, 4.69) is 27.3 Å². The van der Waals surface area contributed by atoms with Gasteiger partial charge >= 0.3 is 0 Å². The van der Waals surface area contributed by atoms with Crippen molar-refractivity contribution < 1.29 is 8.42 Å². The van der Waals surface area contributed by atoms with E-state index in [1.165, 1.54) is 5.56 Å². The maximum Gasteiger partial charge on any atom is 0.193 e. The molecule has 2 aromatic rings. The molecule has 0 saturated carbocycles. The third kappa shape index (κ3) is 7.83. The molecule has 0 aliphatic rings. The molecule has 146 valence electrons. The predicted molar refractivity (Wildman–Crippen MR) is 112 cm³/mol. The summed E-state index contributed by atoms with van der Waals surface area (Å²) in [4.78, 5) is 6.64. The molecule has 0 atom stereocenters. The molecule has 0 amide bonds. The Bertz CT molecular complexity index is 806. The first-order valence-electron chi connectivity index (χ1n) is 9.28. The number of sulfone groups is 1. The number of aliphatic imine (C=N–C) groups is 1. The second kappa shape index (κ2) is 10.7. The van der Waals surface area contributed by atoms with Crippen molar-refractivity contribution in [2.45, 2.75) is 25.6 Å². The van der Waals surface area contributed by atoms with E-state index >= 15 is 0 Å². The van der Waals surface area contributed by atoms with E-state index in [4.69, 9.17) is 0 Å². The van der Waals surface area contributed by atoms with Crippen LogP contribution in [0.5, 0.6) is 0 Å². The van der Waals surface area contributed by atoms with Crippen LogP contribution in [0.3, 0.4) is 0 Å². The monoisotopic (exact) mass is 387 g/mol. The Morgan fingerprint density at radius 1 is 1.00 bits per heavy atom. The van der Waals surface area contributed by atoms with Crippen molar-refractivity contribution in [3.63, 3.8) is 0 Å². The summed E-state index contributed by atoms with van der Waals surface area (Å²) in [6, 6.07) is 19.5. The number of hydrogen-bond donors (Lipinski definition) is 1. The molecule has 0 heterocycles. The molecule has 0 unspecified atom stereocenters. The first-order chi connectivity index (χ1) is 13.0. The van der Waals surface area contributed by atoms with E-state index in [1.807, 2.05) is 62.5 Å². The van der Waals surface area contributed by atoms with Crippen molar-refractivity contribution in [3.05, 3.63) is 71.8 Å². The molecular weight excluding hydrogens is 358 g/mol. The molecule has 5 nitrogen and oxygen atoms in total. The Morgan fingerprint density at radius 2 is 1.59 bits per heavy atom. The quantitative estimate of drug-likeness (QED) is 0.408. The van der Waals surface area contributed by atoms with Crippen LogP contribution in [-0.2, 0) is 22.1 Å². The van der Waals surface area contributed by atoms with Crippen molar-refractivity contribution in [1.82, 2.24) is 10.2 Å². The number of benzene rings is 2. The molecule has 0 bridgehead atoms. The molecule has 1 N–H and O–H groups in total. The average molecular weight is 388 g/mol. The van der Waals surface area contributed by atoms with E-state index in [1.54, 1.807) is 0 Å². The first-order valence-corrected chi connectivity index (χ1v) is 11.1. The summed E-state index contributed by atoms with van der Waals surface area (Å²) in [5, 5.41) is 3.27. The molecule has 0 radical (unpaired) electrons. The lowest BCUT2D eigenvalue weighted by Gasteiger charge is -2.22. The standard InChI is InChI=1S/C21H29N3O2S/c1-3-22-21(24(2)17-19-11-6-4-7-12-19)23-15-10-16-27(25,26)18-20-13-8-5-9-14-20/h4-9,11-14H,3,10,15-18H2,1-2H3,(H,22,23). The number of nitrogens with one attached hydrogen (secondary N) is 1. The Balaban J connectivity index is 1.87. The summed E-state index contributed by atoms with van der Waals surface area (Å²) >= 11 is 0. The highest BCUT2D eigenvalue weighted by Crippen LogP contribution is 2.08. The second-order valence-corrected chi connectivity index (χ2v) is 8.69. The van der Waals surface area contributed by atoms with Gasteiger partial charge in [-0.1, -0.05) is 60.7 Å². The highest BCUT2D eigenvalue weighted by molar-refractivity contribution is 7.90. The second-order valence-electron chi connectivity index (χ2n) is 6.51. The molecule has 0 aliphatic heterocycles. The molecular formula is C21H29N3O2S. The molecule has 2 rings (SSSR count). The fourth-order valence-electron chi connectivity index (χ4n) is 2.77. The molecule has 0 aromatic heterocycles. The zero-order valence-corrected chi connectivity index (χ0v) is 17.0. The third-order valence-electron chi connectivity index (χ3n) is 4.06. The number of nitrogens with zero attached hydrogens (tertiary/aromatic N) is 2. The maximum atomic E-state index is 12.3. The van der Waals surface area contributed by atoms with Gasteiger partial charge in [0.15, 0.2) is 15.8 Å². The van der Waals surface area contributed by atoms with E-state index in [9.17, 15) is 8.42 Å². The largest absolute Gasteiger partial charge is 0.357 e. The van der Waals surface area contributed by atoms with E-state index in [-0.39, 0.29) is 11.5 Å². The van der Waals surface area contributed by atoms with Crippen LogP contribution in [0.1, 0.15) is 24.5 Å². The van der Waals surface area contributed by atoms with Gasteiger partial charge in [0.2, 0.25) is 0 Å². The number of hydrogen-bond acceptors (Lipinski definition) is 3. The van der Waals surface area contributed by atoms with Crippen molar-refractivity contribution in [2.24, 2.45) is 4.99 Å². The van der Waals surface area contributed by atoms with E-state index < -0.39 is 9.84 Å². The van der Waals surface area contributed by atoms with Gasteiger partial charge in [0, 0.05) is 26.7 Å². The van der Waals surface area contributed by atoms with E-state index in [0.717, 1.165) is 24.6 Å². The van der Waals surface area contributed by atoms with Crippen LogP contribution in [0, 0.1) is 0 Å². The fourth-order valence-corrected chi connectivity index (χ4v) is 4.19. The van der Waals surface area contributed by atoms with Gasteiger partial charge in [0.05, 0.1) is 11.5 Å². The normalized spacial score (nSPS) is 12.0. The molecule has 0 spiro atoms. The Labute approximate surface area is 163 Å². The lowest BCUT2D eigenvalue weighted by Crippen LogP contribution is -2.38. The Morgan fingerprint density at radius 3 is 2.19 bits per heavy atom. The number of guanidine groups is 1. The van der Waals surface area contributed by atoms with Crippen LogP contribution in [0.2, 0.25) is 0 Å². The minimum atomic E-state index is -3.12. The van der Waals surface area contributed by atoms with Crippen LogP contribution >= 0.6 is 0 Å². The van der Waals surface area contributed by atoms with Crippen molar-refractivity contribution in [2.75, 3.05) is 25.9 Å². The van der Waals surface area contributed by atoms with Crippen LogP contribution in [0.4, 0.5) is 0 Å². The SMILES string of the molecule is CCNC(=NCCCS(=O)(=O)Cc1ccccc1)N(C)Cc1ccccc1. The van der Waals surface area contributed by atoms with Gasteiger partial charge < -0.3 is 10.2 Å². The summed E-state index contributed by atoms with van der Waals surface area (Å²) < 4.78 is 24.5. The van der Waals surface area contributed by atoms with Crippen LogP contribution in [0.25, 0.3) is 0 Å². The highest BCUT2D eigenvalue weighted by Gasteiger charge is 2.12.